The van der Waals surface area contributed by atoms with Crippen LogP contribution in [0.5, 0.6) is 0 Å². The standard InChI is InChI=1S/C19H21NO2/c1-3-13-10-14-8-9-17(21)20-18(14)16(11-13)19(22)15-7-5-4-6-12(15)2/h4-7,10-11,19,22H,3,8-9H2,1-2H3,(H,20,21). The highest BCUT2D eigenvalue weighted by Gasteiger charge is 2.24. The Labute approximate surface area is 131 Å². The van der Waals surface area contributed by atoms with Crippen molar-refractivity contribution in [1.82, 2.24) is 0 Å². The molecule has 0 saturated carbocycles. The fraction of sp³-hybridized carbons (Fsp3) is 0.316. The number of carbonyl (C=O) groups is 1. The molecular weight excluding hydrogens is 274 g/mol. The van der Waals surface area contributed by atoms with Crippen molar-refractivity contribution in [3.8, 4) is 0 Å². The van der Waals surface area contributed by atoms with Gasteiger partial charge in [0.1, 0.15) is 6.10 Å². The average Bonchev–Trinajstić information content (AvgIpc) is 2.53. The molecule has 0 spiro atoms. The Hall–Kier alpha value is -2.13. The van der Waals surface area contributed by atoms with Gasteiger partial charge in [-0.25, -0.2) is 0 Å². The smallest absolute Gasteiger partial charge is 0.224 e. The number of fused-ring (bicyclic) bond motifs is 1. The van der Waals surface area contributed by atoms with Gasteiger partial charge in [0.2, 0.25) is 5.91 Å². The summed E-state index contributed by atoms with van der Waals surface area (Å²) in [7, 11) is 0. The van der Waals surface area contributed by atoms with E-state index in [-0.39, 0.29) is 5.91 Å². The summed E-state index contributed by atoms with van der Waals surface area (Å²) in [4.78, 5) is 11.8. The van der Waals surface area contributed by atoms with Crippen molar-refractivity contribution in [3.05, 3.63) is 64.2 Å². The van der Waals surface area contributed by atoms with E-state index in [0.717, 1.165) is 40.8 Å². The van der Waals surface area contributed by atoms with Crippen LogP contribution in [0.3, 0.4) is 0 Å². The highest BCUT2D eigenvalue weighted by Crippen LogP contribution is 2.36. The first-order valence-corrected chi connectivity index (χ1v) is 7.79. The maximum Gasteiger partial charge on any atom is 0.224 e. The van der Waals surface area contributed by atoms with Crippen molar-refractivity contribution < 1.29 is 9.90 Å². The Morgan fingerprint density at radius 1 is 1.18 bits per heavy atom. The topological polar surface area (TPSA) is 49.3 Å². The minimum atomic E-state index is -0.722. The Morgan fingerprint density at radius 3 is 2.68 bits per heavy atom. The van der Waals surface area contributed by atoms with Gasteiger partial charge in [-0.2, -0.15) is 0 Å². The highest BCUT2D eigenvalue weighted by atomic mass is 16.3. The van der Waals surface area contributed by atoms with Crippen LogP contribution < -0.4 is 5.32 Å². The maximum absolute atomic E-state index is 11.8. The van der Waals surface area contributed by atoms with E-state index in [0.29, 0.717) is 6.42 Å². The molecule has 114 valence electrons. The fourth-order valence-electron chi connectivity index (χ4n) is 3.08. The van der Waals surface area contributed by atoms with Crippen LogP contribution in [0, 0.1) is 6.92 Å². The quantitative estimate of drug-likeness (QED) is 0.910. The molecule has 0 fully saturated rings. The van der Waals surface area contributed by atoms with E-state index in [1.807, 2.05) is 37.3 Å². The van der Waals surface area contributed by atoms with Gasteiger partial charge in [0, 0.05) is 12.0 Å². The predicted octanol–water partition coefficient (Wildman–Crippen LogP) is 3.52. The maximum atomic E-state index is 11.8. The van der Waals surface area contributed by atoms with Crippen LogP contribution in [0.15, 0.2) is 36.4 Å². The second-order valence-electron chi connectivity index (χ2n) is 5.88. The second kappa shape index (κ2) is 5.93. The van der Waals surface area contributed by atoms with E-state index in [1.54, 1.807) is 0 Å². The minimum Gasteiger partial charge on any atom is -0.384 e. The zero-order valence-corrected chi connectivity index (χ0v) is 13.0. The van der Waals surface area contributed by atoms with Crippen LogP contribution in [-0.4, -0.2) is 11.0 Å². The molecule has 0 saturated heterocycles. The molecule has 1 amide bonds. The monoisotopic (exact) mass is 295 g/mol. The number of hydrogen-bond donors (Lipinski definition) is 2. The van der Waals surface area contributed by atoms with Crippen LogP contribution >= 0.6 is 0 Å². The molecule has 2 N–H and O–H groups in total. The molecule has 0 radical (unpaired) electrons. The molecule has 2 aromatic rings. The molecule has 0 bridgehead atoms. The summed E-state index contributed by atoms with van der Waals surface area (Å²) >= 11 is 0. The first-order chi connectivity index (χ1) is 10.6. The molecule has 2 aromatic carbocycles. The van der Waals surface area contributed by atoms with Crippen molar-refractivity contribution in [2.24, 2.45) is 0 Å². The summed E-state index contributed by atoms with van der Waals surface area (Å²) in [5.41, 5.74) is 5.85. The van der Waals surface area contributed by atoms with Gasteiger partial charge in [-0.05, 0) is 42.0 Å². The first-order valence-electron chi connectivity index (χ1n) is 7.79. The van der Waals surface area contributed by atoms with E-state index in [1.165, 1.54) is 5.56 Å². The lowest BCUT2D eigenvalue weighted by atomic mass is 9.89. The minimum absolute atomic E-state index is 0.0231. The molecule has 1 aliphatic rings. The Bertz CT molecular complexity index is 721. The Balaban J connectivity index is 2.13. The summed E-state index contributed by atoms with van der Waals surface area (Å²) < 4.78 is 0. The SMILES string of the molecule is CCc1cc2c(c(C(O)c3ccccc3C)c1)NC(=O)CC2. The lowest BCUT2D eigenvalue weighted by Crippen LogP contribution is -2.22. The van der Waals surface area contributed by atoms with Crippen LogP contribution in [0.25, 0.3) is 0 Å². The number of aryl methyl sites for hydroxylation is 3. The average molecular weight is 295 g/mol. The van der Waals surface area contributed by atoms with E-state index in [2.05, 4.69) is 18.3 Å². The second-order valence-corrected chi connectivity index (χ2v) is 5.88. The fourth-order valence-corrected chi connectivity index (χ4v) is 3.08. The number of anilines is 1. The molecule has 1 heterocycles. The third-order valence-electron chi connectivity index (χ3n) is 4.38. The molecule has 22 heavy (non-hydrogen) atoms. The normalized spacial score (nSPS) is 15.1. The zero-order chi connectivity index (χ0) is 15.7. The van der Waals surface area contributed by atoms with Gasteiger partial charge in [-0.15, -0.1) is 0 Å². The van der Waals surface area contributed by atoms with Crippen molar-refractivity contribution in [2.45, 2.75) is 39.2 Å². The molecule has 0 aliphatic carbocycles. The van der Waals surface area contributed by atoms with E-state index >= 15 is 0 Å². The van der Waals surface area contributed by atoms with Gasteiger partial charge in [-0.1, -0.05) is 43.3 Å². The lowest BCUT2D eigenvalue weighted by molar-refractivity contribution is -0.116. The summed E-state index contributed by atoms with van der Waals surface area (Å²) in [5.74, 6) is 0.0231. The van der Waals surface area contributed by atoms with Gasteiger partial charge in [0.25, 0.3) is 0 Å². The van der Waals surface area contributed by atoms with Gasteiger partial charge in [-0.3, -0.25) is 4.79 Å². The number of aliphatic hydroxyl groups excluding tert-OH is 1. The van der Waals surface area contributed by atoms with E-state index < -0.39 is 6.10 Å². The number of rotatable bonds is 3. The third kappa shape index (κ3) is 2.64. The molecule has 1 aliphatic heterocycles. The van der Waals surface area contributed by atoms with Crippen molar-refractivity contribution in [3.63, 3.8) is 0 Å². The van der Waals surface area contributed by atoms with E-state index in [9.17, 15) is 9.90 Å². The number of carbonyl (C=O) groups excluding carboxylic acids is 1. The largest absolute Gasteiger partial charge is 0.384 e. The molecule has 3 rings (SSSR count). The van der Waals surface area contributed by atoms with Gasteiger partial charge in [0.05, 0.1) is 5.69 Å². The third-order valence-corrected chi connectivity index (χ3v) is 4.38. The van der Waals surface area contributed by atoms with Crippen molar-refractivity contribution in [2.75, 3.05) is 5.32 Å². The van der Waals surface area contributed by atoms with Crippen molar-refractivity contribution >= 4 is 11.6 Å². The molecule has 1 unspecified atom stereocenters. The van der Waals surface area contributed by atoms with E-state index in [4.69, 9.17) is 0 Å². The molecular formula is C19H21NO2. The number of nitrogens with one attached hydrogen (secondary N) is 1. The highest BCUT2D eigenvalue weighted by molar-refractivity contribution is 5.95. The summed E-state index contributed by atoms with van der Waals surface area (Å²) in [5, 5.41) is 13.8. The Morgan fingerprint density at radius 2 is 1.95 bits per heavy atom. The van der Waals surface area contributed by atoms with Crippen molar-refractivity contribution in [1.29, 1.82) is 0 Å². The molecule has 3 heteroatoms. The summed E-state index contributed by atoms with van der Waals surface area (Å²) in [6, 6.07) is 12.0. The zero-order valence-electron chi connectivity index (χ0n) is 13.0. The first kappa shape index (κ1) is 14.8. The number of hydrogen-bond acceptors (Lipinski definition) is 2. The van der Waals surface area contributed by atoms with Crippen LogP contribution in [0.1, 0.15) is 47.3 Å². The molecule has 1 atom stereocenters. The van der Waals surface area contributed by atoms with Crippen LogP contribution in [0.2, 0.25) is 0 Å². The molecule has 0 aromatic heterocycles. The van der Waals surface area contributed by atoms with Gasteiger partial charge < -0.3 is 10.4 Å². The predicted molar refractivity (Wildman–Crippen MR) is 88.0 cm³/mol. The number of benzene rings is 2. The van der Waals surface area contributed by atoms with Gasteiger partial charge >= 0.3 is 0 Å². The number of aliphatic hydroxyl groups is 1. The number of amides is 1. The summed E-state index contributed by atoms with van der Waals surface area (Å²) in [6.07, 6.45) is 1.44. The van der Waals surface area contributed by atoms with Crippen LogP contribution in [0.4, 0.5) is 5.69 Å². The molecule has 3 nitrogen and oxygen atoms in total. The lowest BCUT2D eigenvalue weighted by Gasteiger charge is -2.25. The van der Waals surface area contributed by atoms with Gasteiger partial charge in [0.15, 0.2) is 0 Å². The Kier molecular flexibility index (Phi) is 3.99. The van der Waals surface area contributed by atoms with Crippen LogP contribution in [-0.2, 0) is 17.6 Å². The summed E-state index contributed by atoms with van der Waals surface area (Å²) in [6.45, 7) is 4.10.